The number of guanidine groups is 1. The summed E-state index contributed by atoms with van der Waals surface area (Å²) in [6, 6.07) is 9.84. The molecule has 1 saturated heterocycles. The van der Waals surface area contributed by atoms with Crippen molar-refractivity contribution < 1.29 is 0 Å². The Morgan fingerprint density at radius 2 is 2.04 bits per heavy atom. The summed E-state index contributed by atoms with van der Waals surface area (Å²) in [6.07, 6.45) is 5.48. The highest BCUT2D eigenvalue weighted by atomic mass is 127. The predicted molar refractivity (Wildman–Crippen MR) is 104 cm³/mol. The van der Waals surface area contributed by atoms with Gasteiger partial charge in [0.2, 0.25) is 0 Å². The highest BCUT2D eigenvalue weighted by Gasteiger charge is 2.43. The molecular formula is C18H25IN4. The maximum atomic E-state index is 8.84. The van der Waals surface area contributed by atoms with Crippen molar-refractivity contribution in [2.75, 3.05) is 19.6 Å². The SMILES string of the molecule is CCNC(=NCc1ccc(C#N)cc1)N1CCC2(CCC2)C1.I. The van der Waals surface area contributed by atoms with E-state index in [2.05, 4.69) is 23.2 Å². The van der Waals surface area contributed by atoms with Crippen molar-refractivity contribution in [2.45, 2.75) is 39.2 Å². The van der Waals surface area contributed by atoms with Gasteiger partial charge in [0.1, 0.15) is 0 Å². The van der Waals surface area contributed by atoms with E-state index in [1.807, 2.05) is 24.3 Å². The lowest BCUT2D eigenvalue weighted by Crippen LogP contribution is -2.42. The maximum Gasteiger partial charge on any atom is 0.194 e. The molecule has 23 heavy (non-hydrogen) atoms. The van der Waals surface area contributed by atoms with Gasteiger partial charge >= 0.3 is 0 Å². The predicted octanol–water partition coefficient (Wildman–Crippen LogP) is 3.52. The van der Waals surface area contributed by atoms with Crippen molar-refractivity contribution in [1.29, 1.82) is 5.26 Å². The molecule has 2 aliphatic rings. The molecule has 1 aromatic carbocycles. The van der Waals surface area contributed by atoms with Crippen LogP contribution in [-0.4, -0.2) is 30.5 Å². The molecule has 0 aromatic heterocycles. The highest BCUT2D eigenvalue weighted by Crippen LogP contribution is 2.47. The largest absolute Gasteiger partial charge is 0.357 e. The van der Waals surface area contributed by atoms with Gasteiger partial charge in [-0.25, -0.2) is 4.99 Å². The molecule has 1 aliphatic carbocycles. The monoisotopic (exact) mass is 424 g/mol. The molecule has 4 nitrogen and oxygen atoms in total. The van der Waals surface area contributed by atoms with E-state index in [-0.39, 0.29) is 24.0 Å². The quantitative estimate of drug-likeness (QED) is 0.459. The highest BCUT2D eigenvalue weighted by molar-refractivity contribution is 14.0. The molecule has 124 valence electrons. The molecule has 1 aliphatic heterocycles. The fraction of sp³-hybridized carbons (Fsp3) is 0.556. The van der Waals surface area contributed by atoms with E-state index >= 15 is 0 Å². The van der Waals surface area contributed by atoms with Crippen LogP contribution in [0.25, 0.3) is 0 Å². The number of nitriles is 1. The molecule has 0 unspecified atom stereocenters. The lowest BCUT2D eigenvalue weighted by Gasteiger charge is -2.38. The number of benzene rings is 1. The summed E-state index contributed by atoms with van der Waals surface area (Å²) in [6.45, 7) is 5.96. The summed E-state index contributed by atoms with van der Waals surface area (Å²) in [4.78, 5) is 7.22. The molecule has 1 heterocycles. The molecule has 0 radical (unpaired) electrons. The van der Waals surface area contributed by atoms with Gasteiger partial charge in [-0.15, -0.1) is 24.0 Å². The van der Waals surface area contributed by atoms with Crippen LogP contribution in [0.4, 0.5) is 0 Å². The Morgan fingerprint density at radius 3 is 2.57 bits per heavy atom. The van der Waals surface area contributed by atoms with Gasteiger partial charge < -0.3 is 10.2 Å². The molecule has 5 heteroatoms. The van der Waals surface area contributed by atoms with E-state index in [1.165, 1.54) is 25.7 Å². The summed E-state index contributed by atoms with van der Waals surface area (Å²) in [5, 5.41) is 12.3. The zero-order valence-corrected chi connectivity index (χ0v) is 16.0. The van der Waals surface area contributed by atoms with Crippen LogP contribution in [-0.2, 0) is 6.54 Å². The molecule has 1 aromatic rings. The van der Waals surface area contributed by atoms with Crippen LogP contribution in [0.3, 0.4) is 0 Å². The Balaban J connectivity index is 0.00000192. The average molecular weight is 424 g/mol. The van der Waals surface area contributed by atoms with Crippen molar-refractivity contribution in [1.82, 2.24) is 10.2 Å². The van der Waals surface area contributed by atoms with E-state index in [9.17, 15) is 0 Å². The Bertz CT molecular complexity index is 584. The van der Waals surface area contributed by atoms with Gasteiger partial charge in [0, 0.05) is 19.6 Å². The van der Waals surface area contributed by atoms with Crippen LogP contribution in [0.15, 0.2) is 29.3 Å². The second-order valence-electron chi connectivity index (χ2n) is 6.50. The minimum Gasteiger partial charge on any atom is -0.357 e. The smallest absolute Gasteiger partial charge is 0.194 e. The molecule has 2 fully saturated rings. The standard InChI is InChI=1S/C18H24N4.HI/c1-2-20-17(22-11-10-18(14-22)8-3-9-18)21-13-16-6-4-15(12-19)5-7-16;/h4-7H,2-3,8-11,13-14H2,1H3,(H,20,21);1H. The molecular weight excluding hydrogens is 399 g/mol. The summed E-state index contributed by atoms with van der Waals surface area (Å²) in [5.74, 6) is 1.04. The Labute approximate surface area is 156 Å². The summed E-state index contributed by atoms with van der Waals surface area (Å²) in [5.41, 5.74) is 2.43. The molecule has 3 rings (SSSR count). The number of nitrogens with one attached hydrogen (secondary N) is 1. The third-order valence-corrected chi connectivity index (χ3v) is 4.98. The Hall–Kier alpha value is -1.29. The fourth-order valence-corrected chi connectivity index (χ4v) is 3.48. The van der Waals surface area contributed by atoms with Crippen molar-refractivity contribution in [3.63, 3.8) is 0 Å². The topological polar surface area (TPSA) is 51.4 Å². The second kappa shape index (κ2) is 8.00. The number of aliphatic imine (C=N–C) groups is 1. The first-order valence-corrected chi connectivity index (χ1v) is 8.27. The molecule has 1 N–H and O–H groups in total. The van der Waals surface area contributed by atoms with Gasteiger partial charge in [0.25, 0.3) is 0 Å². The number of hydrogen-bond donors (Lipinski definition) is 1. The second-order valence-corrected chi connectivity index (χ2v) is 6.50. The minimum atomic E-state index is 0. The van der Waals surface area contributed by atoms with Gasteiger partial charge in [0.05, 0.1) is 18.2 Å². The van der Waals surface area contributed by atoms with Crippen LogP contribution in [0, 0.1) is 16.7 Å². The normalized spacial score (nSPS) is 19.0. The van der Waals surface area contributed by atoms with E-state index in [1.54, 1.807) is 0 Å². The average Bonchev–Trinajstić information content (AvgIpc) is 2.98. The van der Waals surface area contributed by atoms with Crippen molar-refractivity contribution in [2.24, 2.45) is 10.4 Å². The van der Waals surface area contributed by atoms with E-state index in [0.29, 0.717) is 17.5 Å². The number of hydrogen-bond acceptors (Lipinski definition) is 2. The number of rotatable bonds is 3. The van der Waals surface area contributed by atoms with E-state index < -0.39 is 0 Å². The van der Waals surface area contributed by atoms with Gasteiger partial charge in [0.15, 0.2) is 5.96 Å². The zero-order chi connectivity index (χ0) is 15.4. The first-order chi connectivity index (χ1) is 10.7. The zero-order valence-electron chi connectivity index (χ0n) is 13.7. The van der Waals surface area contributed by atoms with Gasteiger partial charge in [-0.05, 0) is 49.3 Å². The lowest BCUT2D eigenvalue weighted by molar-refractivity contribution is 0.151. The minimum absolute atomic E-state index is 0. The third-order valence-electron chi connectivity index (χ3n) is 4.98. The summed E-state index contributed by atoms with van der Waals surface area (Å²) in [7, 11) is 0. The first kappa shape index (κ1) is 18.1. The number of likely N-dealkylation sites (tertiary alicyclic amines) is 1. The summed E-state index contributed by atoms with van der Waals surface area (Å²) < 4.78 is 0. The first-order valence-electron chi connectivity index (χ1n) is 8.27. The van der Waals surface area contributed by atoms with Gasteiger partial charge in [-0.1, -0.05) is 18.6 Å². The molecule has 0 bridgehead atoms. The van der Waals surface area contributed by atoms with Crippen LogP contribution in [0.2, 0.25) is 0 Å². The number of nitrogens with zero attached hydrogens (tertiary/aromatic N) is 3. The van der Waals surface area contributed by atoms with E-state index in [0.717, 1.165) is 31.2 Å². The lowest BCUT2D eigenvalue weighted by atomic mass is 9.68. The van der Waals surface area contributed by atoms with Crippen LogP contribution in [0.5, 0.6) is 0 Å². The fourth-order valence-electron chi connectivity index (χ4n) is 3.48. The van der Waals surface area contributed by atoms with Gasteiger partial charge in [-0.3, -0.25) is 0 Å². The van der Waals surface area contributed by atoms with Crippen molar-refractivity contribution in [3.8, 4) is 6.07 Å². The molecule has 1 spiro atoms. The van der Waals surface area contributed by atoms with Crippen molar-refractivity contribution in [3.05, 3.63) is 35.4 Å². The third kappa shape index (κ3) is 4.17. The van der Waals surface area contributed by atoms with Gasteiger partial charge in [-0.2, -0.15) is 5.26 Å². The van der Waals surface area contributed by atoms with Crippen molar-refractivity contribution >= 4 is 29.9 Å². The molecule has 0 amide bonds. The maximum absolute atomic E-state index is 8.84. The van der Waals surface area contributed by atoms with Crippen LogP contribution >= 0.6 is 24.0 Å². The molecule has 1 saturated carbocycles. The summed E-state index contributed by atoms with van der Waals surface area (Å²) >= 11 is 0. The number of halogens is 1. The Kier molecular flexibility index (Phi) is 6.28. The van der Waals surface area contributed by atoms with E-state index in [4.69, 9.17) is 10.3 Å². The Morgan fingerprint density at radius 1 is 1.30 bits per heavy atom. The van der Waals surface area contributed by atoms with Crippen LogP contribution in [0.1, 0.15) is 43.7 Å². The van der Waals surface area contributed by atoms with Crippen LogP contribution < -0.4 is 5.32 Å². The molecule has 0 atom stereocenters.